The van der Waals surface area contributed by atoms with Crippen LogP contribution in [0.1, 0.15) is 53.4 Å². The van der Waals surface area contributed by atoms with E-state index in [0.29, 0.717) is 5.41 Å². The van der Waals surface area contributed by atoms with Crippen LogP contribution in [0.4, 0.5) is 0 Å². The predicted molar refractivity (Wildman–Crippen MR) is 66.7 cm³/mol. The molecule has 0 spiro atoms. The zero-order valence-electron chi connectivity index (χ0n) is 10.6. The first kappa shape index (κ1) is 11.0. The van der Waals surface area contributed by atoms with Crippen molar-refractivity contribution in [2.24, 2.45) is 17.3 Å². The van der Waals surface area contributed by atoms with E-state index in [9.17, 15) is 0 Å². The van der Waals surface area contributed by atoms with Gasteiger partial charge in [-0.1, -0.05) is 37.1 Å². The Morgan fingerprint density at radius 1 is 1.13 bits per heavy atom. The van der Waals surface area contributed by atoms with Gasteiger partial charge in [-0.15, -0.1) is 0 Å². The molecule has 0 nitrogen and oxygen atoms in total. The number of fused-ring (bicyclic) bond motifs is 1. The molecule has 2 aliphatic rings. The first-order chi connectivity index (χ1) is 7.01. The molecule has 0 heteroatoms. The fourth-order valence-corrected chi connectivity index (χ4v) is 3.09. The Bertz CT molecular complexity index is 304. The van der Waals surface area contributed by atoms with Gasteiger partial charge in [0.15, 0.2) is 0 Å². The number of rotatable bonds is 0. The van der Waals surface area contributed by atoms with E-state index in [4.69, 9.17) is 0 Å². The lowest BCUT2D eigenvalue weighted by molar-refractivity contribution is 0.528. The van der Waals surface area contributed by atoms with E-state index in [1.54, 1.807) is 11.1 Å². The smallest absolute Gasteiger partial charge is 0.0143 e. The van der Waals surface area contributed by atoms with Gasteiger partial charge in [0, 0.05) is 0 Å². The molecule has 0 heterocycles. The Kier molecular flexibility index (Phi) is 2.79. The summed E-state index contributed by atoms with van der Waals surface area (Å²) in [6.45, 7) is 9.47. The first-order valence-corrected chi connectivity index (χ1v) is 6.34. The maximum atomic E-state index is 2.55. The molecule has 0 aliphatic heterocycles. The summed E-state index contributed by atoms with van der Waals surface area (Å²) in [6.07, 6.45) is 10.2. The summed E-state index contributed by atoms with van der Waals surface area (Å²) in [4.78, 5) is 0. The van der Waals surface area contributed by atoms with Crippen LogP contribution in [0.2, 0.25) is 0 Å². The summed E-state index contributed by atoms with van der Waals surface area (Å²) < 4.78 is 0. The third-order valence-electron chi connectivity index (χ3n) is 4.48. The summed E-state index contributed by atoms with van der Waals surface area (Å²) in [5.41, 5.74) is 3.78. The van der Waals surface area contributed by atoms with Gasteiger partial charge >= 0.3 is 0 Å². The van der Waals surface area contributed by atoms with Crippen LogP contribution in [-0.2, 0) is 0 Å². The maximum Gasteiger partial charge on any atom is -0.0143 e. The molecule has 84 valence electrons. The van der Waals surface area contributed by atoms with Gasteiger partial charge in [-0.25, -0.2) is 0 Å². The second kappa shape index (κ2) is 3.81. The fourth-order valence-electron chi connectivity index (χ4n) is 3.09. The van der Waals surface area contributed by atoms with Crippen molar-refractivity contribution >= 4 is 0 Å². The fraction of sp³-hybridized carbons (Fsp3) is 0.733. The average Bonchev–Trinajstić information content (AvgIpc) is 2.65. The van der Waals surface area contributed by atoms with Crippen LogP contribution in [0.3, 0.4) is 0 Å². The van der Waals surface area contributed by atoms with Gasteiger partial charge in [0.05, 0.1) is 0 Å². The first-order valence-electron chi connectivity index (χ1n) is 6.34. The molecular formula is C15H24. The highest BCUT2D eigenvalue weighted by atomic mass is 14.6. The molecular weight excluding hydrogens is 180 g/mol. The van der Waals surface area contributed by atoms with Gasteiger partial charge in [-0.2, -0.15) is 0 Å². The van der Waals surface area contributed by atoms with Crippen LogP contribution in [0.25, 0.3) is 0 Å². The van der Waals surface area contributed by atoms with Crippen molar-refractivity contribution in [3.63, 3.8) is 0 Å². The number of allylic oxidation sites excluding steroid dienone is 4. The minimum absolute atomic E-state index is 0.575. The van der Waals surface area contributed by atoms with E-state index < -0.39 is 0 Å². The van der Waals surface area contributed by atoms with Crippen LogP contribution < -0.4 is 0 Å². The Labute approximate surface area is 94.5 Å². The van der Waals surface area contributed by atoms with Gasteiger partial charge in [0.1, 0.15) is 0 Å². The van der Waals surface area contributed by atoms with Gasteiger partial charge in [0.2, 0.25) is 0 Å². The molecule has 2 aliphatic carbocycles. The maximum absolute atomic E-state index is 2.55. The van der Waals surface area contributed by atoms with Crippen molar-refractivity contribution in [2.75, 3.05) is 0 Å². The average molecular weight is 204 g/mol. The highest BCUT2D eigenvalue weighted by Gasteiger charge is 2.55. The van der Waals surface area contributed by atoms with E-state index in [1.165, 1.54) is 25.7 Å². The van der Waals surface area contributed by atoms with Crippen LogP contribution >= 0.6 is 0 Å². The molecule has 1 saturated carbocycles. The molecule has 0 radical (unpaired) electrons. The van der Waals surface area contributed by atoms with Gasteiger partial charge < -0.3 is 0 Å². The molecule has 2 atom stereocenters. The SMILES string of the molecule is C/C1=C/[C@H]2[C@@H](CC/C(C)=C\CC1)C2(C)C. The van der Waals surface area contributed by atoms with E-state index >= 15 is 0 Å². The number of hydrogen-bond donors (Lipinski definition) is 0. The molecule has 2 rings (SSSR count). The van der Waals surface area contributed by atoms with E-state index in [2.05, 4.69) is 39.8 Å². The molecule has 0 saturated heterocycles. The molecule has 0 unspecified atom stereocenters. The van der Waals surface area contributed by atoms with Crippen molar-refractivity contribution in [1.82, 2.24) is 0 Å². The Hall–Kier alpha value is -0.520. The highest BCUT2D eigenvalue weighted by molar-refractivity contribution is 5.19. The molecule has 0 aromatic heterocycles. The summed E-state index contributed by atoms with van der Waals surface area (Å²) in [6, 6.07) is 0. The second-order valence-electron chi connectivity index (χ2n) is 6.09. The third-order valence-corrected chi connectivity index (χ3v) is 4.48. The molecule has 0 bridgehead atoms. The third kappa shape index (κ3) is 2.19. The van der Waals surface area contributed by atoms with Crippen LogP contribution in [0.5, 0.6) is 0 Å². The lowest BCUT2D eigenvalue weighted by Gasteiger charge is -2.05. The van der Waals surface area contributed by atoms with Gasteiger partial charge in [0.25, 0.3) is 0 Å². The quantitative estimate of drug-likeness (QED) is 0.501. The summed E-state index contributed by atoms with van der Waals surface area (Å²) in [7, 11) is 0. The highest BCUT2D eigenvalue weighted by Crippen LogP contribution is 2.61. The topological polar surface area (TPSA) is 0 Å². The molecule has 1 fully saturated rings. The molecule has 0 amide bonds. The zero-order valence-corrected chi connectivity index (χ0v) is 10.6. The van der Waals surface area contributed by atoms with Crippen LogP contribution in [0, 0.1) is 17.3 Å². The summed E-state index contributed by atoms with van der Waals surface area (Å²) >= 11 is 0. The minimum Gasteiger partial charge on any atom is -0.0853 e. The van der Waals surface area contributed by atoms with Crippen molar-refractivity contribution in [1.29, 1.82) is 0 Å². The number of hydrogen-bond acceptors (Lipinski definition) is 0. The van der Waals surface area contributed by atoms with Crippen molar-refractivity contribution < 1.29 is 0 Å². The van der Waals surface area contributed by atoms with Crippen molar-refractivity contribution in [3.8, 4) is 0 Å². The lowest BCUT2D eigenvalue weighted by atomic mass is 10.0. The van der Waals surface area contributed by atoms with E-state index in [-0.39, 0.29) is 0 Å². The molecule has 0 aromatic rings. The zero-order chi connectivity index (χ0) is 11.1. The van der Waals surface area contributed by atoms with Crippen molar-refractivity contribution in [3.05, 3.63) is 23.3 Å². The van der Waals surface area contributed by atoms with Crippen LogP contribution in [0.15, 0.2) is 23.3 Å². The lowest BCUT2D eigenvalue weighted by Crippen LogP contribution is -1.90. The van der Waals surface area contributed by atoms with E-state index in [1.807, 2.05) is 0 Å². The summed E-state index contributed by atoms with van der Waals surface area (Å²) in [5.74, 6) is 1.80. The Morgan fingerprint density at radius 2 is 1.87 bits per heavy atom. The molecule has 0 N–H and O–H groups in total. The normalized spacial score (nSPS) is 41.9. The molecule has 0 aromatic carbocycles. The second-order valence-corrected chi connectivity index (χ2v) is 6.09. The Morgan fingerprint density at radius 3 is 2.60 bits per heavy atom. The molecule has 15 heavy (non-hydrogen) atoms. The van der Waals surface area contributed by atoms with Crippen LogP contribution in [-0.4, -0.2) is 0 Å². The van der Waals surface area contributed by atoms with E-state index in [0.717, 1.165) is 11.8 Å². The Balaban J connectivity index is 2.13. The van der Waals surface area contributed by atoms with Gasteiger partial charge in [-0.3, -0.25) is 0 Å². The summed E-state index contributed by atoms with van der Waals surface area (Å²) in [5, 5.41) is 0. The monoisotopic (exact) mass is 204 g/mol. The van der Waals surface area contributed by atoms with Gasteiger partial charge in [-0.05, 0) is 56.8 Å². The predicted octanol–water partition coefficient (Wildman–Crippen LogP) is 4.73. The minimum atomic E-state index is 0.575. The standard InChI is InChI=1S/C15H24/c1-11-6-5-7-12(2)10-14-13(9-8-11)15(14,3)4/h6,10,13-14H,5,7-9H2,1-4H3/b11-6-,12-10-/t13-,14+/m1/s1. The largest absolute Gasteiger partial charge is 0.0853 e. The van der Waals surface area contributed by atoms with Crippen molar-refractivity contribution in [2.45, 2.75) is 53.4 Å².